The molecule has 0 spiro atoms. The SMILES string of the molecule is C=C(/C=C\C)SC(=C)/C=C\C. The lowest BCUT2D eigenvalue weighted by molar-refractivity contribution is 1.72. The monoisotopic (exact) mass is 166 g/mol. The minimum Gasteiger partial charge on any atom is -0.0914 e. The number of allylic oxidation sites excluding steroid dienone is 4. The van der Waals surface area contributed by atoms with Crippen molar-refractivity contribution >= 4 is 11.8 Å². The van der Waals surface area contributed by atoms with E-state index < -0.39 is 0 Å². The molecule has 0 aliphatic carbocycles. The number of rotatable bonds is 4. The molecule has 0 radical (unpaired) electrons. The third kappa shape index (κ3) is 5.74. The molecule has 0 saturated heterocycles. The molecule has 0 N–H and O–H groups in total. The standard InChI is InChI=1S/C10H14S/c1-5-7-9(3)11-10(4)8-6-2/h5-8H,3-4H2,1-2H3/b7-5-,8-6-. The Morgan fingerprint density at radius 3 is 1.64 bits per heavy atom. The van der Waals surface area contributed by atoms with E-state index in [4.69, 9.17) is 0 Å². The summed E-state index contributed by atoms with van der Waals surface area (Å²) in [5.41, 5.74) is 0. The minimum absolute atomic E-state index is 1.02. The van der Waals surface area contributed by atoms with Crippen molar-refractivity contribution in [2.24, 2.45) is 0 Å². The van der Waals surface area contributed by atoms with Crippen LogP contribution < -0.4 is 0 Å². The third-order valence-corrected chi connectivity index (χ3v) is 1.76. The lowest BCUT2D eigenvalue weighted by Gasteiger charge is -1.97. The zero-order valence-electron chi connectivity index (χ0n) is 7.13. The van der Waals surface area contributed by atoms with Crippen LogP contribution in [0.1, 0.15) is 13.8 Å². The van der Waals surface area contributed by atoms with Gasteiger partial charge >= 0.3 is 0 Å². The molecule has 0 aliphatic heterocycles. The van der Waals surface area contributed by atoms with Crippen molar-refractivity contribution in [1.82, 2.24) is 0 Å². The summed E-state index contributed by atoms with van der Waals surface area (Å²) in [4.78, 5) is 2.05. The second-order valence-electron chi connectivity index (χ2n) is 2.03. The number of hydrogen-bond acceptors (Lipinski definition) is 1. The van der Waals surface area contributed by atoms with Crippen LogP contribution in [0.3, 0.4) is 0 Å². The Hall–Kier alpha value is -0.690. The lowest BCUT2D eigenvalue weighted by Crippen LogP contribution is -1.67. The molecular formula is C10H14S. The van der Waals surface area contributed by atoms with E-state index >= 15 is 0 Å². The van der Waals surface area contributed by atoms with E-state index in [0.717, 1.165) is 9.81 Å². The predicted molar refractivity (Wildman–Crippen MR) is 55.5 cm³/mol. The first kappa shape index (κ1) is 10.3. The Balaban J connectivity index is 3.85. The molecule has 1 heteroatoms. The topological polar surface area (TPSA) is 0 Å². The molecule has 0 aliphatic rings. The first-order valence-corrected chi connectivity index (χ1v) is 4.33. The van der Waals surface area contributed by atoms with Gasteiger partial charge in [0.15, 0.2) is 0 Å². The maximum Gasteiger partial charge on any atom is 0.00464 e. The first-order valence-electron chi connectivity index (χ1n) is 3.51. The molecule has 0 aromatic carbocycles. The summed E-state index contributed by atoms with van der Waals surface area (Å²) in [5.74, 6) is 0. The molecule has 60 valence electrons. The van der Waals surface area contributed by atoms with Crippen LogP contribution in [0.4, 0.5) is 0 Å². The summed E-state index contributed by atoms with van der Waals surface area (Å²) < 4.78 is 0. The van der Waals surface area contributed by atoms with Crippen molar-refractivity contribution in [1.29, 1.82) is 0 Å². The van der Waals surface area contributed by atoms with Crippen molar-refractivity contribution in [3.63, 3.8) is 0 Å². The molecule has 0 fully saturated rings. The summed E-state index contributed by atoms with van der Waals surface area (Å²) in [6.07, 6.45) is 7.88. The summed E-state index contributed by atoms with van der Waals surface area (Å²) in [5, 5.41) is 0. The number of thioether (sulfide) groups is 1. The Morgan fingerprint density at radius 1 is 1.00 bits per heavy atom. The molecule has 11 heavy (non-hydrogen) atoms. The summed E-state index contributed by atoms with van der Waals surface area (Å²) in [6, 6.07) is 0. The highest BCUT2D eigenvalue weighted by Crippen LogP contribution is 2.23. The van der Waals surface area contributed by atoms with E-state index in [0.29, 0.717) is 0 Å². The van der Waals surface area contributed by atoms with Crippen LogP contribution in [0.15, 0.2) is 47.3 Å². The molecule has 0 bridgehead atoms. The fraction of sp³-hybridized carbons (Fsp3) is 0.200. The van der Waals surface area contributed by atoms with Crippen molar-refractivity contribution in [3.8, 4) is 0 Å². The quantitative estimate of drug-likeness (QED) is 0.571. The van der Waals surface area contributed by atoms with Gasteiger partial charge < -0.3 is 0 Å². The smallest absolute Gasteiger partial charge is 0.00464 e. The van der Waals surface area contributed by atoms with Crippen LogP contribution in [0.25, 0.3) is 0 Å². The van der Waals surface area contributed by atoms with Crippen LogP contribution >= 0.6 is 11.8 Å². The highest BCUT2D eigenvalue weighted by atomic mass is 32.2. The zero-order chi connectivity index (χ0) is 8.69. The Kier molecular flexibility index (Phi) is 5.67. The zero-order valence-corrected chi connectivity index (χ0v) is 7.95. The largest absolute Gasteiger partial charge is 0.0914 e. The van der Waals surface area contributed by atoms with E-state index in [1.165, 1.54) is 0 Å². The van der Waals surface area contributed by atoms with Crippen LogP contribution in [-0.2, 0) is 0 Å². The normalized spacial score (nSPS) is 11.1. The van der Waals surface area contributed by atoms with Crippen LogP contribution in [0.2, 0.25) is 0 Å². The lowest BCUT2D eigenvalue weighted by atomic mass is 10.5. The molecule has 0 aromatic rings. The van der Waals surface area contributed by atoms with Crippen molar-refractivity contribution in [3.05, 3.63) is 47.3 Å². The van der Waals surface area contributed by atoms with E-state index in [2.05, 4.69) is 13.2 Å². The van der Waals surface area contributed by atoms with Gasteiger partial charge in [0.2, 0.25) is 0 Å². The van der Waals surface area contributed by atoms with E-state index in [1.807, 2.05) is 38.2 Å². The van der Waals surface area contributed by atoms with Crippen LogP contribution in [0.5, 0.6) is 0 Å². The van der Waals surface area contributed by atoms with E-state index in [9.17, 15) is 0 Å². The maximum atomic E-state index is 3.85. The van der Waals surface area contributed by atoms with Gasteiger partial charge in [-0.3, -0.25) is 0 Å². The van der Waals surface area contributed by atoms with Crippen molar-refractivity contribution in [2.45, 2.75) is 13.8 Å². The van der Waals surface area contributed by atoms with Gasteiger partial charge in [-0.05, 0) is 13.8 Å². The molecule has 0 amide bonds. The minimum atomic E-state index is 1.02. The fourth-order valence-electron chi connectivity index (χ4n) is 0.608. The van der Waals surface area contributed by atoms with Gasteiger partial charge in [0.05, 0.1) is 0 Å². The molecular weight excluding hydrogens is 152 g/mol. The highest BCUT2D eigenvalue weighted by molar-refractivity contribution is 8.07. The molecule has 0 heterocycles. The second-order valence-corrected chi connectivity index (χ2v) is 3.29. The van der Waals surface area contributed by atoms with Gasteiger partial charge in [0, 0.05) is 9.81 Å². The van der Waals surface area contributed by atoms with Crippen molar-refractivity contribution < 1.29 is 0 Å². The Bertz CT molecular complexity index is 175. The van der Waals surface area contributed by atoms with E-state index in [-0.39, 0.29) is 0 Å². The van der Waals surface area contributed by atoms with Gasteiger partial charge in [0.1, 0.15) is 0 Å². The summed E-state index contributed by atoms with van der Waals surface area (Å²) >= 11 is 1.59. The third-order valence-electron chi connectivity index (χ3n) is 0.967. The molecule has 0 nitrogen and oxygen atoms in total. The van der Waals surface area contributed by atoms with Gasteiger partial charge in [0.25, 0.3) is 0 Å². The molecule has 0 aromatic heterocycles. The molecule has 0 unspecified atom stereocenters. The Labute approximate surface area is 73.4 Å². The van der Waals surface area contributed by atoms with Crippen molar-refractivity contribution in [2.75, 3.05) is 0 Å². The second kappa shape index (κ2) is 6.05. The average molecular weight is 166 g/mol. The van der Waals surface area contributed by atoms with Gasteiger partial charge in [-0.1, -0.05) is 49.2 Å². The Morgan fingerprint density at radius 2 is 1.36 bits per heavy atom. The maximum absolute atomic E-state index is 3.85. The first-order chi connectivity index (χ1) is 5.20. The summed E-state index contributed by atoms with van der Waals surface area (Å²) in [6.45, 7) is 11.6. The van der Waals surface area contributed by atoms with E-state index in [1.54, 1.807) is 11.8 Å². The fourth-order valence-corrected chi connectivity index (χ4v) is 1.35. The molecule has 0 rings (SSSR count). The van der Waals surface area contributed by atoms with Crippen LogP contribution in [0, 0.1) is 0 Å². The summed E-state index contributed by atoms with van der Waals surface area (Å²) in [7, 11) is 0. The highest BCUT2D eigenvalue weighted by Gasteiger charge is 1.90. The molecule has 0 atom stereocenters. The van der Waals surface area contributed by atoms with Gasteiger partial charge in [-0.25, -0.2) is 0 Å². The molecule has 0 saturated carbocycles. The number of hydrogen-bond donors (Lipinski definition) is 0. The average Bonchev–Trinajstić information content (AvgIpc) is 1.87. The van der Waals surface area contributed by atoms with Gasteiger partial charge in [-0.2, -0.15) is 0 Å². The predicted octanol–water partition coefficient (Wildman–Crippen LogP) is 3.90. The van der Waals surface area contributed by atoms with Crippen LogP contribution in [-0.4, -0.2) is 0 Å². The van der Waals surface area contributed by atoms with Gasteiger partial charge in [-0.15, -0.1) is 0 Å².